The summed E-state index contributed by atoms with van der Waals surface area (Å²) in [5, 5.41) is 3.24. The number of hydrogen-bond donors (Lipinski definition) is 1. The first-order valence-electron chi connectivity index (χ1n) is 13.3. The number of aromatic nitrogens is 2. The van der Waals surface area contributed by atoms with Gasteiger partial charge in [0.15, 0.2) is 0 Å². The molecule has 3 aromatic carbocycles. The molecule has 0 unspecified atom stereocenters. The highest BCUT2D eigenvalue weighted by atomic mass is 79.9. The lowest BCUT2D eigenvalue weighted by Crippen LogP contribution is -2.38. The van der Waals surface area contributed by atoms with Crippen molar-refractivity contribution in [1.82, 2.24) is 9.13 Å². The lowest BCUT2D eigenvalue weighted by molar-refractivity contribution is -0.118. The SMILES string of the molecule is Cc1ccc(-n2c(C)cc(C3(c4cc(C)n(-c5ccc(C)cc5)c4C)C(=O)Nc4ccc(Br)cc43)c2C)cc1. The third-order valence-corrected chi connectivity index (χ3v) is 8.72. The Hall–Kier alpha value is -3.83. The number of amides is 1. The fourth-order valence-electron chi connectivity index (χ4n) is 6.42. The Labute approximate surface area is 238 Å². The lowest BCUT2D eigenvalue weighted by Gasteiger charge is -2.29. The summed E-state index contributed by atoms with van der Waals surface area (Å²) in [6, 6.07) is 27.6. The molecule has 196 valence electrons. The molecule has 0 aliphatic carbocycles. The van der Waals surface area contributed by atoms with E-state index in [0.29, 0.717) is 0 Å². The van der Waals surface area contributed by atoms with Crippen molar-refractivity contribution in [2.45, 2.75) is 47.0 Å². The van der Waals surface area contributed by atoms with Crippen LogP contribution in [0.1, 0.15) is 50.6 Å². The minimum absolute atomic E-state index is 0.0242. The molecule has 0 bridgehead atoms. The topological polar surface area (TPSA) is 39.0 Å². The van der Waals surface area contributed by atoms with Gasteiger partial charge in [-0.25, -0.2) is 0 Å². The van der Waals surface area contributed by atoms with Crippen LogP contribution < -0.4 is 5.32 Å². The molecule has 39 heavy (non-hydrogen) atoms. The highest BCUT2D eigenvalue weighted by Gasteiger charge is 2.53. The standard InChI is InChI=1S/C34H32BrN3O/c1-20-7-12-27(13-8-20)37-22(3)17-29(24(37)5)34(31-19-26(35)11-16-32(31)36-33(34)39)30-18-23(4)38(25(30)6)28-14-9-21(2)10-15-28/h7-19H,1-6H3,(H,36,39). The number of fused-ring (bicyclic) bond motifs is 1. The number of carbonyl (C=O) groups is 1. The Bertz CT molecular complexity index is 1660. The average Bonchev–Trinajstić information content (AvgIpc) is 3.48. The Balaban J connectivity index is 1.68. The van der Waals surface area contributed by atoms with E-state index in [1.807, 2.05) is 12.1 Å². The number of nitrogens with zero attached hydrogens (tertiary/aromatic N) is 2. The minimum Gasteiger partial charge on any atom is -0.324 e. The molecule has 2 aromatic heterocycles. The molecule has 1 N–H and O–H groups in total. The van der Waals surface area contributed by atoms with Crippen molar-refractivity contribution in [2.24, 2.45) is 0 Å². The molecule has 0 radical (unpaired) electrons. The van der Waals surface area contributed by atoms with Gasteiger partial charge >= 0.3 is 0 Å². The molecule has 0 atom stereocenters. The quantitative estimate of drug-likeness (QED) is 0.230. The van der Waals surface area contributed by atoms with Gasteiger partial charge in [0, 0.05) is 49.9 Å². The van der Waals surface area contributed by atoms with Crippen LogP contribution in [0.4, 0.5) is 5.69 Å². The Morgan fingerprint density at radius 2 is 1.08 bits per heavy atom. The second-order valence-electron chi connectivity index (χ2n) is 10.8. The fourth-order valence-corrected chi connectivity index (χ4v) is 6.78. The summed E-state index contributed by atoms with van der Waals surface area (Å²) >= 11 is 3.70. The molecule has 1 amide bonds. The maximum absolute atomic E-state index is 14.4. The molecule has 0 saturated carbocycles. The van der Waals surface area contributed by atoms with E-state index >= 15 is 0 Å². The van der Waals surface area contributed by atoms with Gasteiger partial charge in [0.25, 0.3) is 0 Å². The summed E-state index contributed by atoms with van der Waals surface area (Å²) in [6.07, 6.45) is 0. The Kier molecular flexibility index (Phi) is 5.96. The van der Waals surface area contributed by atoms with Gasteiger partial charge in [-0.1, -0.05) is 51.3 Å². The molecular formula is C34H32BrN3O. The van der Waals surface area contributed by atoms with Gasteiger partial charge in [-0.3, -0.25) is 4.79 Å². The zero-order chi connectivity index (χ0) is 27.6. The van der Waals surface area contributed by atoms with Crippen LogP contribution in [0.25, 0.3) is 11.4 Å². The van der Waals surface area contributed by atoms with Crippen molar-refractivity contribution >= 4 is 27.5 Å². The van der Waals surface area contributed by atoms with E-state index in [1.54, 1.807) is 0 Å². The molecule has 1 aliphatic rings. The number of aryl methyl sites for hydroxylation is 4. The molecule has 0 saturated heterocycles. The number of hydrogen-bond acceptors (Lipinski definition) is 1. The number of carbonyl (C=O) groups excluding carboxylic acids is 1. The third-order valence-electron chi connectivity index (χ3n) is 8.23. The van der Waals surface area contributed by atoms with Gasteiger partial charge in [0.1, 0.15) is 5.41 Å². The second kappa shape index (κ2) is 9.13. The smallest absolute Gasteiger partial charge is 0.244 e. The van der Waals surface area contributed by atoms with Gasteiger partial charge < -0.3 is 14.5 Å². The number of anilines is 1. The normalized spacial score (nSPS) is 14.0. The van der Waals surface area contributed by atoms with Crippen LogP contribution in [0.5, 0.6) is 0 Å². The van der Waals surface area contributed by atoms with Crippen molar-refractivity contribution in [3.8, 4) is 11.4 Å². The summed E-state index contributed by atoms with van der Waals surface area (Å²) < 4.78 is 5.47. The van der Waals surface area contributed by atoms with Crippen LogP contribution in [-0.2, 0) is 10.2 Å². The number of halogens is 1. The molecule has 3 heterocycles. The van der Waals surface area contributed by atoms with E-state index in [4.69, 9.17) is 0 Å². The zero-order valence-electron chi connectivity index (χ0n) is 23.2. The van der Waals surface area contributed by atoms with E-state index in [0.717, 1.165) is 61.0 Å². The molecule has 6 rings (SSSR count). The fraction of sp³-hybridized carbons (Fsp3) is 0.206. The monoisotopic (exact) mass is 577 g/mol. The summed E-state index contributed by atoms with van der Waals surface area (Å²) in [6.45, 7) is 12.7. The molecule has 5 heteroatoms. The van der Waals surface area contributed by atoms with E-state index in [2.05, 4.69) is 139 Å². The van der Waals surface area contributed by atoms with Crippen LogP contribution in [0.15, 0.2) is 83.3 Å². The molecule has 1 aliphatic heterocycles. The molecule has 4 nitrogen and oxygen atoms in total. The number of nitrogens with one attached hydrogen (secondary N) is 1. The summed E-state index contributed by atoms with van der Waals surface area (Å²) in [7, 11) is 0. The van der Waals surface area contributed by atoms with Gasteiger partial charge in [0.05, 0.1) is 0 Å². The third kappa shape index (κ3) is 3.75. The first-order chi connectivity index (χ1) is 18.6. The van der Waals surface area contributed by atoms with Crippen LogP contribution in [-0.4, -0.2) is 15.0 Å². The average molecular weight is 579 g/mol. The van der Waals surface area contributed by atoms with Crippen molar-refractivity contribution < 1.29 is 4.79 Å². The minimum atomic E-state index is -1.01. The van der Waals surface area contributed by atoms with E-state index in [1.165, 1.54) is 11.1 Å². The summed E-state index contributed by atoms with van der Waals surface area (Å²) in [5.74, 6) is -0.0242. The largest absolute Gasteiger partial charge is 0.324 e. The maximum atomic E-state index is 14.4. The highest BCUT2D eigenvalue weighted by Crippen LogP contribution is 2.51. The van der Waals surface area contributed by atoms with Crippen molar-refractivity contribution in [3.63, 3.8) is 0 Å². The number of rotatable bonds is 4. The number of benzene rings is 3. The predicted octanol–water partition coefficient (Wildman–Crippen LogP) is 8.17. The predicted molar refractivity (Wildman–Crippen MR) is 163 cm³/mol. The highest BCUT2D eigenvalue weighted by molar-refractivity contribution is 9.10. The maximum Gasteiger partial charge on any atom is 0.244 e. The van der Waals surface area contributed by atoms with Crippen molar-refractivity contribution in [1.29, 1.82) is 0 Å². The molecule has 5 aromatic rings. The van der Waals surface area contributed by atoms with Crippen LogP contribution in [0.3, 0.4) is 0 Å². The van der Waals surface area contributed by atoms with Gasteiger partial charge in [0.2, 0.25) is 5.91 Å². The van der Waals surface area contributed by atoms with Crippen molar-refractivity contribution in [2.75, 3.05) is 5.32 Å². The Morgan fingerprint density at radius 1 is 0.615 bits per heavy atom. The molecule has 0 fully saturated rings. The van der Waals surface area contributed by atoms with E-state index in [-0.39, 0.29) is 5.91 Å². The van der Waals surface area contributed by atoms with Crippen molar-refractivity contribution in [3.05, 3.63) is 134 Å². The van der Waals surface area contributed by atoms with Crippen LogP contribution in [0.2, 0.25) is 0 Å². The lowest BCUT2D eigenvalue weighted by atomic mass is 9.70. The second-order valence-corrected chi connectivity index (χ2v) is 11.7. The summed E-state index contributed by atoms with van der Waals surface area (Å²) in [5.41, 5.74) is 11.7. The molecule has 0 spiro atoms. The van der Waals surface area contributed by atoms with Crippen LogP contribution >= 0.6 is 15.9 Å². The first kappa shape index (κ1) is 25.4. The zero-order valence-corrected chi connectivity index (χ0v) is 24.8. The van der Waals surface area contributed by atoms with E-state index in [9.17, 15) is 4.79 Å². The van der Waals surface area contributed by atoms with E-state index < -0.39 is 5.41 Å². The van der Waals surface area contributed by atoms with Crippen LogP contribution in [0, 0.1) is 41.5 Å². The molecular weight excluding hydrogens is 546 g/mol. The first-order valence-corrected chi connectivity index (χ1v) is 14.1. The summed E-state index contributed by atoms with van der Waals surface area (Å²) in [4.78, 5) is 14.4. The van der Waals surface area contributed by atoms with Gasteiger partial charge in [-0.15, -0.1) is 0 Å². The van der Waals surface area contributed by atoms with Gasteiger partial charge in [-0.05, 0) is 107 Å². The van der Waals surface area contributed by atoms with Gasteiger partial charge in [-0.2, -0.15) is 0 Å². The Morgan fingerprint density at radius 3 is 1.54 bits per heavy atom.